The van der Waals surface area contributed by atoms with Gasteiger partial charge in [-0.1, -0.05) is 27.7 Å². The van der Waals surface area contributed by atoms with Crippen LogP contribution < -0.4 is 10.2 Å². The summed E-state index contributed by atoms with van der Waals surface area (Å²) in [7, 11) is 2.07. The Hall–Kier alpha value is -1.16. The van der Waals surface area contributed by atoms with Gasteiger partial charge < -0.3 is 10.2 Å². The Morgan fingerprint density at radius 3 is 2.26 bits per heavy atom. The maximum Gasteiger partial charge on any atom is 0.151 e. The molecule has 1 unspecified atom stereocenters. The smallest absolute Gasteiger partial charge is 0.151 e. The summed E-state index contributed by atoms with van der Waals surface area (Å²) >= 11 is 0. The monoisotopic (exact) mass is 264 g/mol. The molecule has 0 saturated carbocycles. The summed E-state index contributed by atoms with van der Waals surface area (Å²) in [6.07, 6.45) is 0. The van der Waals surface area contributed by atoms with Crippen molar-refractivity contribution in [1.29, 1.82) is 0 Å². The molecule has 1 N–H and O–H groups in total. The van der Waals surface area contributed by atoms with E-state index in [0.717, 1.165) is 24.6 Å². The molecule has 0 fully saturated rings. The summed E-state index contributed by atoms with van der Waals surface area (Å²) in [6.45, 7) is 12.8. The quantitative estimate of drug-likeness (QED) is 0.822. The molecule has 0 amide bonds. The first-order valence-electron chi connectivity index (χ1n) is 7.18. The molecule has 0 spiro atoms. The Morgan fingerprint density at radius 2 is 1.79 bits per heavy atom. The van der Waals surface area contributed by atoms with E-state index in [9.17, 15) is 0 Å². The van der Waals surface area contributed by atoms with Crippen molar-refractivity contribution in [2.75, 3.05) is 18.5 Å². The summed E-state index contributed by atoms with van der Waals surface area (Å²) in [4.78, 5) is 2.18. The Morgan fingerprint density at radius 1 is 1.11 bits per heavy atom. The molecule has 1 atom stereocenters. The Labute approximate surface area is 117 Å². The molecule has 4 nitrogen and oxygen atoms in total. The summed E-state index contributed by atoms with van der Waals surface area (Å²) in [5.41, 5.74) is 0.995. The van der Waals surface area contributed by atoms with Crippen LogP contribution in [-0.2, 0) is 6.54 Å². The highest BCUT2D eigenvalue weighted by Gasteiger charge is 2.14. The fourth-order valence-electron chi connectivity index (χ4n) is 1.78. The van der Waals surface area contributed by atoms with Crippen LogP contribution in [0.1, 0.15) is 40.3 Å². The third kappa shape index (κ3) is 5.15. The minimum absolute atomic E-state index is 0.458. The minimum Gasteiger partial charge on any atom is -0.355 e. The van der Waals surface area contributed by atoms with E-state index in [1.165, 1.54) is 0 Å². The average molecular weight is 264 g/mol. The van der Waals surface area contributed by atoms with Gasteiger partial charge in [-0.15, -0.1) is 5.10 Å². The van der Waals surface area contributed by atoms with Gasteiger partial charge in [-0.2, -0.15) is 5.10 Å². The first kappa shape index (κ1) is 15.9. The lowest BCUT2D eigenvalue weighted by atomic mass is 10.1. The largest absolute Gasteiger partial charge is 0.355 e. The fraction of sp³-hybridized carbons (Fsp3) is 0.733. The third-order valence-electron chi connectivity index (χ3n) is 3.50. The fourth-order valence-corrected chi connectivity index (χ4v) is 1.78. The lowest BCUT2D eigenvalue weighted by Crippen LogP contribution is -2.34. The van der Waals surface area contributed by atoms with Gasteiger partial charge in [0.05, 0.1) is 5.69 Å². The van der Waals surface area contributed by atoms with E-state index >= 15 is 0 Å². The van der Waals surface area contributed by atoms with Gasteiger partial charge in [-0.3, -0.25) is 0 Å². The lowest BCUT2D eigenvalue weighted by Gasteiger charge is -2.28. The molecule has 19 heavy (non-hydrogen) atoms. The van der Waals surface area contributed by atoms with Gasteiger partial charge in [-0.25, -0.2) is 0 Å². The number of nitrogens with one attached hydrogen (secondary N) is 1. The van der Waals surface area contributed by atoms with E-state index in [-0.39, 0.29) is 0 Å². The van der Waals surface area contributed by atoms with Crippen LogP contribution in [0.4, 0.5) is 5.82 Å². The maximum absolute atomic E-state index is 4.32. The van der Waals surface area contributed by atoms with E-state index in [1.54, 1.807) is 0 Å². The second-order valence-corrected chi connectivity index (χ2v) is 6.00. The van der Waals surface area contributed by atoms with Gasteiger partial charge in [0.25, 0.3) is 0 Å². The van der Waals surface area contributed by atoms with Gasteiger partial charge in [0.1, 0.15) is 0 Å². The molecule has 1 aromatic rings. The first-order valence-corrected chi connectivity index (χ1v) is 7.18. The number of anilines is 1. The van der Waals surface area contributed by atoms with E-state index < -0.39 is 0 Å². The molecule has 1 aromatic heterocycles. The topological polar surface area (TPSA) is 41.0 Å². The number of nitrogens with zero attached hydrogens (tertiary/aromatic N) is 3. The molecular weight excluding hydrogens is 236 g/mol. The average Bonchev–Trinajstić information content (AvgIpc) is 2.37. The van der Waals surface area contributed by atoms with Crippen molar-refractivity contribution in [2.24, 2.45) is 11.8 Å². The van der Waals surface area contributed by atoms with Gasteiger partial charge in [0.15, 0.2) is 5.82 Å². The van der Waals surface area contributed by atoms with Crippen molar-refractivity contribution >= 4 is 5.82 Å². The van der Waals surface area contributed by atoms with Crippen molar-refractivity contribution in [3.63, 3.8) is 0 Å². The van der Waals surface area contributed by atoms with Crippen LogP contribution in [0.2, 0.25) is 0 Å². The molecule has 0 aliphatic heterocycles. The van der Waals surface area contributed by atoms with Crippen LogP contribution in [0.25, 0.3) is 0 Å². The van der Waals surface area contributed by atoms with E-state index in [4.69, 9.17) is 0 Å². The van der Waals surface area contributed by atoms with Crippen molar-refractivity contribution in [1.82, 2.24) is 15.5 Å². The highest BCUT2D eigenvalue weighted by Crippen LogP contribution is 2.15. The minimum atomic E-state index is 0.458. The number of rotatable bonds is 7. The van der Waals surface area contributed by atoms with Gasteiger partial charge in [0.2, 0.25) is 0 Å². The Kier molecular flexibility index (Phi) is 6.22. The molecule has 108 valence electrons. The SMILES string of the molecule is CC(C)CNCc1ccc(N(C)C(C)C(C)C)nn1. The second-order valence-electron chi connectivity index (χ2n) is 6.00. The van der Waals surface area contributed by atoms with Crippen molar-refractivity contribution in [3.8, 4) is 0 Å². The Bertz CT molecular complexity index is 359. The predicted molar refractivity (Wildman–Crippen MR) is 81.3 cm³/mol. The predicted octanol–water partition coefficient (Wildman–Crippen LogP) is 2.70. The van der Waals surface area contributed by atoms with Crippen LogP contribution in [0.3, 0.4) is 0 Å². The molecule has 1 rings (SSSR count). The molecule has 0 aromatic carbocycles. The standard InChI is InChI=1S/C15H28N4/c1-11(2)9-16-10-14-7-8-15(18-17-14)19(6)13(5)12(3)4/h7-8,11-13,16H,9-10H2,1-6H3. The van der Waals surface area contributed by atoms with Crippen LogP contribution in [0.15, 0.2) is 12.1 Å². The number of hydrogen-bond donors (Lipinski definition) is 1. The first-order chi connectivity index (χ1) is 8.91. The van der Waals surface area contributed by atoms with Crippen LogP contribution in [-0.4, -0.2) is 29.8 Å². The molecule has 0 saturated heterocycles. The van der Waals surface area contributed by atoms with Crippen molar-refractivity contribution in [3.05, 3.63) is 17.8 Å². The normalized spacial score (nSPS) is 13.1. The molecule has 0 radical (unpaired) electrons. The van der Waals surface area contributed by atoms with Gasteiger partial charge >= 0.3 is 0 Å². The molecule has 0 aliphatic rings. The molecule has 1 heterocycles. The highest BCUT2D eigenvalue weighted by atomic mass is 15.3. The van der Waals surface area contributed by atoms with Crippen molar-refractivity contribution in [2.45, 2.75) is 47.2 Å². The number of hydrogen-bond acceptors (Lipinski definition) is 4. The zero-order valence-electron chi connectivity index (χ0n) is 13.1. The molecule has 0 bridgehead atoms. The van der Waals surface area contributed by atoms with E-state index in [1.807, 2.05) is 0 Å². The summed E-state index contributed by atoms with van der Waals surface area (Å²) in [6, 6.07) is 4.57. The zero-order chi connectivity index (χ0) is 14.4. The van der Waals surface area contributed by atoms with Gasteiger partial charge in [0, 0.05) is 19.6 Å². The summed E-state index contributed by atoms with van der Waals surface area (Å²) < 4.78 is 0. The van der Waals surface area contributed by atoms with E-state index in [0.29, 0.717) is 17.9 Å². The summed E-state index contributed by atoms with van der Waals surface area (Å²) in [5, 5.41) is 12.0. The third-order valence-corrected chi connectivity index (χ3v) is 3.50. The zero-order valence-corrected chi connectivity index (χ0v) is 13.1. The lowest BCUT2D eigenvalue weighted by molar-refractivity contribution is 0.500. The van der Waals surface area contributed by atoms with Crippen LogP contribution >= 0.6 is 0 Å². The van der Waals surface area contributed by atoms with E-state index in [2.05, 4.69) is 74.2 Å². The second kappa shape index (κ2) is 7.43. The molecular formula is C15H28N4. The van der Waals surface area contributed by atoms with Crippen LogP contribution in [0, 0.1) is 11.8 Å². The van der Waals surface area contributed by atoms with Gasteiger partial charge in [-0.05, 0) is 37.4 Å². The molecule has 0 aliphatic carbocycles. The maximum atomic E-state index is 4.32. The summed E-state index contributed by atoms with van der Waals surface area (Å²) in [5.74, 6) is 2.19. The Balaban J connectivity index is 2.56. The van der Waals surface area contributed by atoms with Crippen molar-refractivity contribution < 1.29 is 0 Å². The van der Waals surface area contributed by atoms with Crippen LogP contribution in [0.5, 0.6) is 0 Å². The highest BCUT2D eigenvalue weighted by molar-refractivity contribution is 5.37. The molecule has 4 heteroatoms. The number of aromatic nitrogens is 2.